The van der Waals surface area contributed by atoms with Gasteiger partial charge in [-0.2, -0.15) is 0 Å². The van der Waals surface area contributed by atoms with Gasteiger partial charge < -0.3 is 38.1 Å². The molecule has 0 aliphatic heterocycles. The second-order valence-corrected chi connectivity index (χ2v) is 11.0. The number of hydrogen-bond donors (Lipinski definition) is 6. The van der Waals surface area contributed by atoms with Gasteiger partial charge in [-0.25, -0.2) is 0 Å². The molecule has 14 nitrogen and oxygen atoms in total. The van der Waals surface area contributed by atoms with E-state index in [1.54, 1.807) is 23.6 Å². The predicted octanol–water partition coefficient (Wildman–Crippen LogP) is -0.140. The predicted molar refractivity (Wildman–Crippen MR) is 169 cm³/mol. The van der Waals surface area contributed by atoms with Crippen molar-refractivity contribution in [1.29, 1.82) is 0 Å². The molecule has 0 aliphatic carbocycles. The van der Waals surface area contributed by atoms with Crippen molar-refractivity contribution in [1.82, 2.24) is 20.4 Å². The van der Waals surface area contributed by atoms with Crippen LogP contribution >= 0.6 is 0 Å². The number of nitrogens with zero attached hydrogens (tertiary/aromatic N) is 2. The van der Waals surface area contributed by atoms with Crippen LogP contribution in [0.2, 0.25) is 0 Å². The van der Waals surface area contributed by atoms with Gasteiger partial charge in [-0.15, -0.1) is 0 Å². The normalized spacial score (nSPS) is 12.3. The first-order chi connectivity index (χ1) is 21.0. The van der Waals surface area contributed by atoms with E-state index in [0.29, 0.717) is 58.0 Å². The number of carbonyl (C=O) groups is 6. The highest BCUT2D eigenvalue weighted by Gasteiger charge is 2.19. The van der Waals surface area contributed by atoms with Gasteiger partial charge in [0, 0.05) is 77.4 Å². The minimum Gasteiger partial charge on any atom is -0.369 e. The number of primary amides is 2. The molecule has 0 saturated heterocycles. The van der Waals surface area contributed by atoms with Crippen LogP contribution in [0, 0.1) is 5.92 Å². The number of nitrogens with two attached hydrogens (primary N) is 4. The van der Waals surface area contributed by atoms with E-state index in [2.05, 4.69) is 10.6 Å². The van der Waals surface area contributed by atoms with Crippen LogP contribution < -0.4 is 33.6 Å². The summed E-state index contributed by atoms with van der Waals surface area (Å²) in [6, 6.07) is -0.498. The van der Waals surface area contributed by atoms with Crippen molar-refractivity contribution in [3.8, 4) is 0 Å². The van der Waals surface area contributed by atoms with Gasteiger partial charge in [0.2, 0.25) is 29.5 Å². The lowest BCUT2D eigenvalue weighted by atomic mass is 9.96. The Hall–Kier alpha value is -3.10. The number of Topliss-reactive ketones (excluding diaryl/α,β-unsaturated/α-hetero) is 1. The minimum atomic E-state index is -0.498. The zero-order valence-electron chi connectivity index (χ0n) is 27.0. The summed E-state index contributed by atoms with van der Waals surface area (Å²) in [4.78, 5) is 76.0. The van der Waals surface area contributed by atoms with Crippen LogP contribution in [0.25, 0.3) is 0 Å². The fourth-order valence-electron chi connectivity index (χ4n) is 4.83. The summed E-state index contributed by atoms with van der Waals surface area (Å²) in [7, 11) is 0. The monoisotopic (exact) mass is 626 g/mol. The van der Waals surface area contributed by atoms with Gasteiger partial charge in [0.1, 0.15) is 5.78 Å². The lowest BCUT2D eigenvalue weighted by Crippen LogP contribution is -2.43. The first kappa shape index (κ1) is 40.9. The lowest BCUT2D eigenvalue weighted by molar-refractivity contribution is -0.136. The van der Waals surface area contributed by atoms with Crippen molar-refractivity contribution in [2.75, 3.05) is 45.9 Å². The lowest BCUT2D eigenvalue weighted by Gasteiger charge is -2.27. The van der Waals surface area contributed by atoms with Crippen LogP contribution in [0.15, 0.2) is 0 Å². The molecule has 14 heteroatoms. The maximum atomic E-state index is 12.6. The second-order valence-electron chi connectivity index (χ2n) is 11.0. The topological polar surface area (TPSA) is 237 Å². The fourth-order valence-corrected chi connectivity index (χ4v) is 4.83. The average molecular weight is 627 g/mol. The maximum absolute atomic E-state index is 12.6. The largest absolute Gasteiger partial charge is 0.369 e. The van der Waals surface area contributed by atoms with Crippen LogP contribution in [0.4, 0.5) is 0 Å². The van der Waals surface area contributed by atoms with E-state index in [9.17, 15) is 28.8 Å². The molecule has 2 atom stereocenters. The summed E-state index contributed by atoms with van der Waals surface area (Å²) < 4.78 is 0. The third kappa shape index (κ3) is 19.2. The molecule has 44 heavy (non-hydrogen) atoms. The molecule has 0 aromatic heterocycles. The van der Waals surface area contributed by atoms with E-state index in [4.69, 9.17) is 22.9 Å². The molecule has 0 fully saturated rings. The van der Waals surface area contributed by atoms with Crippen molar-refractivity contribution in [3.63, 3.8) is 0 Å². The van der Waals surface area contributed by atoms with Gasteiger partial charge in [0.15, 0.2) is 0 Å². The first-order valence-corrected chi connectivity index (χ1v) is 16.1. The highest BCUT2D eigenvalue weighted by molar-refractivity contribution is 5.81. The van der Waals surface area contributed by atoms with Crippen molar-refractivity contribution in [3.05, 3.63) is 0 Å². The highest BCUT2D eigenvalue weighted by atomic mass is 16.2. The van der Waals surface area contributed by atoms with Gasteiger partial charge in [-0.3, -0.25) is 34.1 Å². The van der Waals surface area contributed by atoms with Gasteiger partial charge in [-0.1, -0.05) is 26.7 Å². The Bertz CT molecular complexity index is 818. The molecule has 0 radical (unpaired) electrons. The smallest absolute Gasteiger partial charge is 0.234 e. The SMILES string of the molecule is CCC(=O)N(CCC(=O)CCCCC[C@H](CCN)C(N)=O)CCN(CCC(=O)NCCCC[C@H](NCN)C(N)=O)C(=O)CC. The molecule has 0 unspecified atom stereocenters. The van der Waals surface area contributed by atoms with Crippen LogP contribution in [0.1, 0.15) is 97.3 Å². The number of ketones is 1. The molecule has 10 N–H and O–H groups in total. The van der Waals surface area contributed by atoms with Gasteiger partial charge in [-0.05, 0) is 45.1 Å². The minimum absolute atomic E-state index is 0.0614. The quantitative estimate of drug-likeness (QED) is 0.0500. The van der Waals surface area contributed by atoms with Crippen LogP contribution in [0.3, 0.4) is 0 Å². The molecular formula is C30H58N8O6. The van der Waals surface area contributed by atoms with Gasteiger partial charge in [0.25, 0.3) is 0 Å². The Morgan fingerprint density at radius 2 is 1.25 bits per heavy atom. The standard InChI is InChI=1S/C30H58N8O6/c1-3-27(41)37(18-14-24(39)11-7-5-6-10-23(13-16-31)29(33)43)20-21-38(28(42)4-2)19-15-26(40)35-17-9-8-12-25(30(34)44)36-22-32/h23,25,36H,3-22,31-32H2,1-2H3,(H2,33,43)(H2,34,44)(H,35,40)/t23-,25+/m1/s1. The van der Waals surface area contributed by atoms with Crippen molar-refractivity contribution < 1.29 is 28.8 Å². The molecule has 0 heterocycles. The summed E-state index contributed by atoms with van der Waals surface area (Å²) in [5.41, 5.74) is 21.7. The number of hydrogen-bond acceptors (Lipinski definition) is 9. The van der Waals surface area contributed by atoms with Gasteiger partial charge in [0.05, 0.1) is 6.04 Å². The molecule has 254 valence electrons. The summed E-state index contributed by atoms with van der Waals surface area (Å²) in [5, 5.41) is 5.65. The van der Waals surface area contributed by atoms with Crippen molar-refractivity contribution >= 4 is 35.3 Å². The summed E-state index contributed by atoms with van der Waals surface area (Å²) in [6.07, 6.45) is 6.71. The Balaban J connectivity index is 4.60. The molecule has 0 aromatic carbocycles. The zero-order chi connectivity index (χ0) is 33.3. The third-order valence-electron chi connectivity index (χ3n) is 7.59. The third-order valence-corrected chi connectivity index (χ3v) is 7.59. The Kier molecular flexibility index (Phi) is 23.5. The second kappa shape index (κ2) is 25.2. The summed E-state index contributed by atoms with van der Waals surface area (Å²) in [5.74, 6) is -1.38. The van der Waals surface area contributed by atoms with E-state index in [0.717, 1.165) is 12.8 Å². The van der Waals surface area contributed by atoms with E-state index >= 15 is 0 Å². The van der Waals surface area contributed by atoms with Crippen LogP contribution in [-0.4, -0.2) is 97.1 Å². The Morgan fingerprint density at radius 3 is 1.77 bits per heavy atom. The number of unbranched alkanes of at least 4 members (excludes halogenated alkanes) is 3. The maximum Gasteiger partial charge on any atom is 0.234 e. The Morgan fingerprint density at radius 1 is 0.659 bits per heavy atom. The van der Waals surface area contributed by atoms with Gasteiger partial charge >= 0.3 is 0 Å². The number of amides is 5. The number of rotatable bonds is 28. The molecular weight excluding hydrogens is 568 g/mol. The molecule has 0 aromatic rings. The summed E-state index contributed by atoms with van der Waals surface area (Å²) >= 11 is 0. The fraction of sp³-hybridized carbons (Fsp3) is 0.800. The Labute approximate surface area is 262 Å². The molecule has 5 amide bonds. The highest BCUT2D eigenvalue weighted by Crippen LogP contribution is 2.14. The van der Waals surface area contributed by atoms with Crippen LogP contribution in [0.5, 0.6) is 0 Å². The molecule has 0 aliphatic rings. The molecule has 0 spiro atoms. The van der Waals surface area contributed by atoms with Crippen molar-refractivity contribution in [2.24, 2.45) is 28.9 Å². The van der Waals surface area contributed by atoms with E-state index < -0.39 is 11.9 Å². The van der Waals surface area contributed by atoms with E-state index in [1.807, 2.05) is 0 Å². The molecule has 0 rings (SSSR count). The van der Waals surface area contributed by atoms with Crippen molar-refractivity contribution in [2.45, 2.75) is 103 Å². The number of nitrogens with one attached hydrogen (secondary N) is 2. The van der Waals surface area contributed by atoms with E-state index in [-0.39, 0.29) is 93.9 Å². The number of carbonyl (C=O) groups excluding carboxylic acids is 6. The van der Waals surface area contributed by atoms with Crippen LogP contribution in [-0.2, 0) is 28.8 Å². The summed E-state index contributed by atoms with van der Waals surface area (Å²) in [6.45, 7) is 5.54. The van der Waals surface area contributed by atoms with E-state index in [1.165, 1.54) is 0 Å². The molecule has 0 bridgehead atoms. The average Bonchev–Trinajstić information content (AvgIpc) is 2.99. The zero-order valence-corrected chi connectivity index (χ0v) is 27.0. The molecule has 0 saturated carbocycles. The first-order valence-electron chi connectivity index (χ1n) is 16.1.